The molecule has 9 heteroatoms. The smallest absolute Gasteiger partial charge is 0.411 e. The summed E-state index contributed by atoms with van der Waals surface area (Å²) in [5.74, 6) is 0.305. The second-order valence-electron chi connectivity index (χ2n) is 5.27. The maximum absolute atomic E-state index is 12.7. The molecule has 140 valence electrons. The number of ether oxygens (including phenoxy) is 2. The van der Waals surface area contributed by atoms with E-state index < -0.39 is 16.1 Å². The van der Waals surface area contributed by atoms with Gasteiger partial charge in [-0.15, -0.1) is 0 Å². The lowest BCUT2D eigenvalue weighted by molar-refractivity contribution is 0.168. The summed E-state index contributed by atoms with van der Waals surface area (Å²) >= 11 is 5.89. The number of hydrogen-bond donors (Lipinski definition) is 2. The quantitative estimate of drug-likeness (QED) is 0.766. The molecule has 0 fully saturated rings. The molecule has 0 aliphatic rings. The largest absolute Gasteiger partial charge is 0.495 e. The van der Waals surface area contributed by atoms with Crippen LogP contribution in [0.15, 0.2) is 41.3 Å². The first kappa shape index (κ1) is 19.9. The Labute approximate surface area is 157 Å². The Balaban J connectivity index is 2.35. The molecule has 2 aromatic rings. The highest BCUT2D eigenvalue weighted by Crippen LogP contribution is 2.29. The zero-order chi connectivity index (χ0) is 19.3. The molecule has 0 heterocycles. The predicted molar refractivity (Wildman–Crippen MR) is 101 cm³/mol. The lowest BCUT2D eigenvalue weighted by atomic mass is 10.2. The normalized spacial score (nSPS) is 10.9. The van der Waals surface area contributed by atoms with Crippen LogP contribution in [0.4, 0.5) is 16.2 Å². The monoisotopic (exact) mass is 398 g/mol. The van der Waals surface area contributed by atoms with Gasteiger partial charge in [0.2, 0.25) is 0 Å². The van der Waals surface area contributed by atoms with Crippen molar-refractivity contribution in [1.82, 2.24) is 0 Å². The maximum atomic E-state index is 12.7. The average Bonchev–Trinajstić information content (AvgIpc) is 2.57. The summed E-state index contributed by atoms with van der Waals surface area (Å²) in [5, 5.41) is 2.97. The zero-order valence-corrected chi connectivity index (χ0v) is 16.1. The first-order valence-corrected chi connectivity index (χ1v) is 9.53. The number of nitrogens with one attached hydrogen (secondary N) is 2. The minimum absolute atomic E-state index is 0.0422. The molecule has 0 radical (unpaired) electrons. The standard InChI is InChI=1S/C17H19ClN2O5S/c1-4-25-17(21)19-15-10-13(6-8-16(15)24-3)26(22,23)20-14-7-5-12(18)9-11(14)2/h5-10,20H,4H2,1-3H3,(H,19,21). The molecule has 0 spiro atoms. The van der Waals surface area contributed by atoms with Crippen LogP contribution in [-0.4, -0.2) is 28.2 Å². The van der Waals surface area contributed by atoms with Crippen LogP contribution in [0.2, 0.25) is 5.02 Å². The van der Waals surface area contributed by atoms with E-state index in [9.17, 15) is 13.2 Å². The van der Waals surface area contributed by atoms with Crippen molar-refractivity contribution in [1.29, 1.82) is 0 Å². The number of hydrogen-bond acceptors (Lipinski definition) is 5. The summed E-state index contributed by atoms with van der Waals surface area (Å²) in [7, 11) is -2.47. The van der Waals surface area contributed by atoms with Crippen molar-refractivity contribution in [3.05, 3.63) is 47.0 Å². The van der Waals surface area contributed by atoms with Gasteiger partial charge in [-0.1, -0.05) is 11.6 Å². The van der Waals surface area contributed by atoms with E-state index in [2.05, 4.69) is 10.0 Å². The van der Waals surface area contributed by atoms with Gasteiger partial charge in [0.15, 0.2) is 0 Å². The Bertz CT molecular complexity index is 915. The highest BCUT2D eigenvalue weighted by Gasteiger charge is 2.19. The van der Waals surface area contributed by atoms with Gasteiger partial charge >= 0.3 is 6.09 Å². The van der Waals surface area contributed by atoms with Crippen LogP contribution in [0.3, 0.4) is 0 Å². The Hall–Kier alpha value is -2.45. The Morgan fingerprint density at radius 1 is 1.15 bits per heavy atom. The topological polar surface area (TPSA) is 93.7 Å². The first-order chi connectivity index (χ1) is 12.3. The summed E-state index contributed by atoms with van der Waals surface area (Å²) in [6.07, 6.45) is -0.707. The van der Waals surface area contributed by atoms with Crippen LogP contribution in [0, 0.1) is 6.92 Å². The third kappa shape index (κ3) is 4.80. The predicted octanol–water partition coefficient (Wildman–Crippen LogP) is 4.03. The van der Waals surface area contributed by atoms with Gasteiger partial charge in [0.1, 0.15) is 5.75 Å². The fourth-order valence-electron chi connectivity index (χ4n) is 2.17. The number of halogens is 1. The Morgan fingerprint density at radius 2 is 1.88 bits per heavy atom. The number of sulfonamides is 1. The van der Waals surface area contributed by atoms with Crippen LogP contribution >= 0.6 is 11.6 Å². The van der Waals surface area contributed by atoms with Gasteiger partial charge < -0.3 is 9.47 Å². The van der Waals surface area contributed by atoms with Gasteiger partial charge in [0.05, 0.1) is 30.0 Å². The van der Waals surface area contributed by atoms with Gasteiger partial charge in [0, 0.05) is 5.02 Å². The Morgan fingerprint density at radius 3 is 2.50 bits per heavy atom. The van der Waals surface area contributed by atoms with E-state index in [4.69, 9.17) is 21.1 Å². The molecule has 2 rings (SSSR count). The van der Waals surface area contributed by atoms with Gasteiger partial charge in [-0.25, -0.2) is 13.2 Å². The van der Waals surface area contributed by atoms with Crippen molar-refractivity contribution in [2.24, 2.45) is 0 Å². The summed E-state index contributed by atoms with van der Waals surface area (Å²) in [5.41, 5.74) is 1.27. The number of carbonyl (C=O) groups is 1. The highest BCUT2D eigenvalue weighted by atomic mass is 35.5. The third-order valence-corrected chi connectivity index (χ3v) is 5.02. The fourth-order valence-corrected chi connectivity index (χ4v) is 3.56. The molecule has 0 bridgehead atoms. The number of rotatable bonds is 6. The van der Waals surface area contributed by atoms with Gasteiger partial charge in [-0.2, -0.15) is 0 Å². The van der Waals surface area contributed by atoms with Crippen LogP contribution in [-0.2, 0) is 14.8 Å². The molecule has 0 saturated heterocycles. The van der Waals surface area contributed by atoms with Crippen molar-refractivity contribution in [2.45, 2.75) is 18.7 Å². The van der Waals surface area contributed by atoms with Crippen LogP contribution in [0.25, 0.3) is 0 Å². The molecule has 0 aromatic heterocycles. The summed E-state index contributed by atoms with van der Waals surface area (Å²) in [6, 6.07) is 8.95. The van der Waals surface area contributed by atoms with Crippen LogP contribution in [0.1, 0.15) is 12.5 Å². The van der Waals surface area contributed by atoms with E-state index in [0.29, 0.717) is 22.0 Å². The van der Waals surface area contributed by atoms with Crippen molar-refractivity contribution < 1.29 is 22.7 Å². The second-order valence-corrected chi connectivity index (χ2v) is 7.39. The lowest BCUT2D eigenvalue weighted by Gasteiger charge is -2.14. The number of carbonyl (C=O) groups excluding carboxylic acids is 1. The lowest BCUT2D eigenvalue weighted by Crippen LogP contribution is -2.16. The molecule has 0 unspecified atom stereocenters. The van der Waals surface area contributed by atoms with Crippen molar-refractivity contribution in [3.8, 4) is 5.75 Å². The minimum atomic E-state index is -3.88. The maximum Gasteiger partial charge on any atom is 0.411 e. The summed E-state index contributed by atoms with van der Waals surface area (Å²) in [4.78, 5) is 11.6. The van der Waals surface area contributed by atoms with Crippen LogP contribution in [0.5, 0.6) is 5.75 Å². The molecule has 0 saturated carbocycles. The first-order valence-electron chi connectivity index (χ1n) is 7.67. The molecule has 0 aliphatic carbocycles. The molecule has 26 heavy (non-hydrogen) atoms. The SMILES string of the molecule is CCOC(=O)Nc1cc(S(=O)(=O)Nc2ccc(Cl)cc2C)ccc1OC. The number of methoxy groups -OCH3 is 1. The average molecular weight is 399 g/mol. The molecular formula is C17H19ClN2O5S. The molecule has 1 amide bonds. The number of benzene rings is 2. The number of amides is 1. The molecule has 2 aromatic carbocycles. The summed E-state index contributed by atoms with van der Waals surface area (Å²) in [6.45, 7) is 3.59. The second kappa shape index (κ2) is 8.29. The van der Waals surface area contributed by atoms with Crippen molar-refractivity contribution in [3.63, 3.8) is 0 Å². The zero-order valence-electron chi connectivity index (χ0n) is 14.5. The molecular weight excluding hydrogens is 380 g/mol. The molecule has 2 N–H and O–H groups in total. The molecule has 0 atom stereocenters. The van der Waals surface area contributed by atoms with E-state index in [1.54, 1.807) is 32.0 Å². The van der Waals surface area contributed by atoms with Gasteiger partial charge in [-0.3, -0.25) is 10.0 Å². The third-order valence-electron chi connectivity index (χ3n) is 3.43. The minimum Gasteiger partial charge on any atom is -0.495 e. The van der Waals surface area contributed by atoms with Crippen molar-refractivity contribution in [2.75, 3.05) is 23.8 Å². The van der Waals surface area contributed by atoms with E-state index in [1.807, 2.05) is 0 Å². The van der Waals surface area contributed by atoms with Gasteiger partial charge in [-0.05, 0) is 55.8 Å². The summed E-state index contributed by atoms with van der Waals surface area (Å²) < 4.78 is 37.8. The highest BCUT2D eigenvalue weighted by molar-refractivity contribution is 7.92. The molecule has 7 nitrogen and oxygen atoms in total. The Kier molecular flexibility index (Phi) is 6.33. The van der Waals surface area contributed by atoms with E-state index >= 15 is 0 Å². The fraction of sp³-hybridized carbons (Fsp3) is 0.235. The van der Waals surface area contributed by atoms with E-state index in [0.717, 1.165) is 0 Å². The number of anilines is 2. The van der Waals surface area contributed by atoms with E-state index in [-0.39, 0.29) is 17.2 Å². The van der Waals surface area contributed by atoms with Gasteiger partial charge in [0.25, 0.3) is 10.0 Å². The molecule has 0 aliphatic heterocycles. The van der Waals surface area contributed by atoms with Crippen LogP contribution < -0.4 is 14.8 Å². The van der Waals surface area contributed by atoms with E-state index in [1.165, 1.54) is 25.3 Å². The number of aryl methyl sites for hydroxylation is 1. The van der Waals surface area contributed by atoms with Crippen molar-refractivity contribution >= 4 is 39.1 Å².